The molecule has 34 heavy (non-hydrogen) atoms. The molecular weight excluding hydrogens is 445 g/mol. The van der Waals surface area contributed by atoms with Crippen LogP contribution in [0.5, 0.6) is 0 Å². The minimum absolute atomic E-state index is 0.128. The minimum Gasteiger partial charge on any atom is -0.359 e. The summed E-state index contributed by atoms with van der Waals surface area (Å²) in [6.07, 6.45) is 4.51. The highest BCUT2D eigenvalue weighted by Gasteiger charge is 2.30. The molecular formula is C24H19F3N6O. The van der Waals surface area contributed by atoms with Gasteiger partial charge in [-0.15, -0.1) is 0 Å². The Hall–Kier alpha value is -4.34. The molecule has 0 bridgehead atoms. The van der Waals surface area contributed by atoms with Crippen LogP contribution in [-0.2, 0) is 17.5 Å². The minimum atomic E-state index is -4.38. The molecule has 0 aliphatic carbocycles. The molecule has 2 N–H and O–H groups in total. The molecule has 0 saturated carbocycles. The zero-order valence-corrected chi connectivity index (χ0v) is 17.8. The van der Waals surface area contributed by atoms with E-state index in [9.17, 15) is 18.0 Å². The van der Waals surface area contributed by atoms with Crippen molar-refractivity contribution in [1.82, 2.24) is 24.5 Å². The summed E-state index contributed by atoms with van der Waals surface area (Å²) < 4.78 is 41.7. The summed E-state index contributed by atoms with van der Waals surface area (Å²) in [5.41, 5.74) is 2.99. The number of nitrogens with one attached hydrogen (secondary N) is 2. The third kappa shape index (κ3) is 4.42. The van der Waals surface area contributed by atoms with E-state index in [1.165, 1.54) is 16.8 Å². The number of anilines is 1. The van der Waals surface area contributed by atoms with E-state index in [0.29, 0.717) is 17.9 Å². The van der Waals surface area contributed by atoms with Crippen LogP contribution in [0.4, 0.5) is 18.9 Å². The molecule has 3 aromatic heterocycles. The lowest BCUT2D eigenvalue weighted by atomic mass is 10.1. The van der Waals surface area contributed by atoms with E-state index in [4.69, 9.17) is 0 Å². The number of benzene rings is 2. The number of halogens is 3. The monoisotopic (exact) mass is 464 g/mol. The van der Waals surface area contributed by atoms with Crippen LogP contribution in [0.25, 0.3) is 27.7 Å². The number of amides is 1. The number of fused-ring (bicyclic) bond motifs is 1. The smallest absolute Gasteiger partial charge is 0.359 e. The van der Waals surface area contributed by atoms with Gasteiger partial charge >= 0.3 is 6.18 Å². The van der Waals surface area contributed by atoms with Crippen molar-refractivity contribution in [3.63, 3.8) is 0 Å². The third-order valence-electron chi connectivity index (χ3n) is 5.46. The van der Waals surface area contributed by atoms with E-state index < -0.39 is 11.7 Å². The Morgan fingerprint density at radius 3 is 2.62 bits per heavy atom. The molecule has 0 radical (unpaired) electrons. The van der Waals surface area contributed by atoms with Crippen molar-refractivity contribution in [3.8, 4) is 16.8 Å². The van der Waals surface area contributed by atoms with Crippen LogP contribution < -0.4 is 5.32 Å². The Labute approximate surface area is 191 Å². The quantitative estimate of drug-likeness (QED) is 0.360. The number of aryl methyl sites for hydroxylation is 1. The van der Waals surface area contributed by atoms with Gasteiger partial charge in [-0.05, 0) is 48.0 Å². The fourth-order valence-corrected chi connectivity index (χ4v) is 3.68. The zero-order chi connectivity index (χ0) is 23.7. The lowest BCUT2D eigenvalue weighted by Gasteiger charge is -2.07. The molecule has 5 rings (SSSR count). The van der Waals surface area contributed by atoms with E-state index in [2.05, 4.69) is 20.5 Å². The van der Waals surface area contributed by atoms with E-state index in [0.717, 1.165) is 34.2 Å². The van der Waals surface area contributed by atoms with Crippen LogP contribution >= 0.6 is 0 Å². The summed E-state index contributed by atoms with van der Waals surface area (Å²) in [5, 5.41) is 12.2. The van der Waals surface area contributed by atoms with Gasteiger partial charge in [0.15, 0.2) is 0 Å². The second kappa shape index (κ2) is 8.54. The summed E-state index contributed by atoms with van der Waals surface area (Å²) in [5.74, 6) is -0.128. The highest BCUT2D eigenvalue weighted by atomic mass is 19.4. The number of aromatic amines is 1. The summed E-state index contributed by atoms with van der Waals surface area (Å²) in [6, 6.07) is 12.4. The highest BCUT2D eigenvalue weighted by Crippen LogP contribution is 2.31. The average Bonchev–Trinajstić information content (AvgIpc) is 3.58. The van der Waals surface area contributed by atoms with Crippen LogP contribution in [0.1, 0.15) is 12.0 Å². The average molecular weight is 464 g/mol. The number of carbonyl (C=O) groups is 1. The highest BCUT2D eigenvalue weighted by molar-refractivity contribution is 6.02. The summed E-state index contributed by atoms with van der Waals surface area (Å²) in [6.45, 7) is 0.482. The molecule has 0 spiro atoms. The Morgan fingerprint density at radius 2 is 1.88 bits per heavy atom. The van der Waals surface area contributed by atoms with Gasteiger partial charge in [-0.25, -0.2) is 4.68 Å². The molecule has 0 atom stereocenters. The van der Waals surface area contributed by atoms with Crippen LogP contribution in [0.3, 0.4) is 0 Å². The Kier molecular flexibility index (Phi) is 5.40. The van der Waals surface area contributed by atoms with Gasteiger partial charge in [0.25, 0.3) is 0 Å². The fraction of sp³-hybridized carbons (Fsp3) is 0.125. The first-order valence-electron chi connectivity index (χ1n) is 10.5. The topological polar surface area (TPSA) is 80.5 Å². The molecule has 172 valence electrons. The van der Waals surface area contributed by atoms with Gasteiger partial charge in [0, 0.05) is 54.2 Å². The van der Waals surface area contributed by atoms with Crippen LogP contribution in [0.2, 0.25) is 0 Å². The van der Waals surface area contributed by atoms with Crippen LogP contribution in [0, 0.1) is 0 Å². The lowest BCUT2D eigenvalue weighted by Crippen LogP contribution is -2.14. The zero-order valence-electron chi connectivity index (χ0n) is 17.8. The van der Waals surface area contributed by atoms with E-state index in [-0.39, 0.29) is 12.3 Å². The van der Waals surface area contributed by atoms with Crippen molar-refractivity contribution in [2.75, 3.05) is 5.32 Å². The van der Waals surface area contributed by atoms with Gasteiger partial charge in [-0.1, -0.05) is 6.07 Å². The van der Waals surface area contributed by atoms with Gasteiger partial charge in [0.2, 0.25) is 5.91 Å². The Morgan fingerprint density at radius 1 is 1.06 bits per heavy atom. The molecule has 0 unspecified atom stereocenters. The van der Waals surface area contributed by atoms with Gasteiger partial charge in [0.1, 0.15) is 0 Å². The molecule has 3 heterocycles. The molecule has 0 fully saturated rings. The number of H-pyrrole nitrogens is 1. The summed E-state index contributed by atoms with van der Waals surface area (Å²) >= 11 is 0. The van der Waals surface area contributed by atoms with Crippen molar-refractivity contribution in [1.29, 1.82) is 0 Å². The number of alkyl halides is 3. The SMILES string of the molecule is O=C(CCn1cccn1)Nc1c[nH]c2ccc(-c3cnn(-c4ccc(C(F)(F)F)cc4)c3)cc12. The second-order valence-corrected chi connectivity index (χ2v) is 7.75. The maximum absolute atomic E-state index is 12.8. The molecule has 1 amide bonds. The number of hydrogen-bond acceptors (Lipinski definition) is 3. The maximum atomic E-state index is 12.8. The molecule has 5 aromatic rings. The predicted molar refractivity (Wildman–Crippen MR) is 121 cm³/mol. The summed E-state index contributed by atoms with van der Waals surface area (Å²) in [7, 11) is 0. The Balaban J connectivity index is 1.34. The molecule has 2 aromatic carbocycles. The normalized spacial score (nSPS) is 11.7. The van der Waals surface area contributed by atoms with Gasteiger partial charge in [-0.3, -0.25) is 9.48 Å². The van der Waals surface area contributed by atoms with Crippen molar-refractivity contribution in [3.05, 3.63) is 85.1 Å². The van der Waals surface area contributed by atoms with Crippen molar-refractivity contribution >= 4 is 22.5 Å². The number of nitrogens with zero attached hydrogens (tertiary/aromatic N) is 4. The standard InChI is InChI=1S/C24H19F3N6O/c25-24(26,27)18-3-5-19(6-4-18)33-15-17(13-30-33)16-2-7-21-20(12-16)22(14-28-21)31-23(34)8-11-32-10-1-9-29-32/h1-7,9-10,12-15,28H,8,11H2,(H,31,34). The number of hydrogen-bond donors (Lipinski definition) is 2. The summed E-state index contributed by atoms with van der Waals surface area (Å²) in [4.78, 5) is 15.5. The van der Waals surface area contributed by atoms with Crippen molar-refractivity contribution in [2.45, 2.75) is 19.1 Å². The molecule has 0 aliphatic rings. The van der Waals surface area contributed by atoms with E-state index in [1.54, 1.807) is 41.7 Å². The van der Waals surface area contributed by atoms with Crippen LogP contribution in [0.15, 0.2) is 79.5 Å². The molecule has 0 saturated heterocycles. The first-order valence-corrected chi connectivity index (χ1v) is 10.5. The predicted octanol–water partition coefficient (Wildman–Crippen LogP) is 5.26. The van der Waals surface area contributed by atoms with Crippen molar-refractivity contribution < 1.29 is 18.0 Å². The number of carbonyl (C=O) groups excluding carboxylic acids is 1. The molecule has 10 heteroatoms. The van der Waals surface area contributed by atoms with Crippen molar-refractivity contribution in [2.24, 2.45) is 0 Å². The van der Waals surface area contributed by atoms with Gasteiger partial charge in [0.05, 0.1) is 23.1 Å². The second-order valence-electron chi connectivity index (χ2n) is 7.75. The Bertz CT molecular complexity index is 1430. The number of aromatic nitrogens is 5. The van der Waals surface area contributed by atoms with E-state index >= 15 is 0 Å². The number of rotatable bonds is 6. The largest absolute Gasteiger partial charge is 0.416 e. The maximum Gasteiger partial charge on any atom is 0.416 e. The molecule has 0 aliphatic heterocycles. The van der Waals surface area contributed by atoms with Gasteiger partial charge in [-0.2, -0.15) is 23.4 Å². The fourth-order valence-electron chi connectivity index (χ4n) is 3.68. The first kappa shape index (κ1) is 21.5. The molecule has 7 nitrogen and oxygen atoms in total. The van der Waals surface area contributed by atoms with E-state index in [1.807, 2.05) is 18.2 Å². The van der Waals surface area contributed by atoms with Gasteiger partial charge < -0.3 is 10.3 Å². The lowest BCUT2D eigenvalue weighted by molar-refractivity contribution is -0.137. The first-order chi connectivity index (χ1) is 16.4. The third-order valence-corrected chi connectivity index (χ3v) is 5.46. The van der Waals surface area contributed by atoms with Crippen LogP contribution in [-0.4, -0.2) is 30.5 Å².